The molecule has 6 heteroatoms. The van der Waals surface area contributed by atoms with Gasteiger partial charge in [-0.2, -0.15) is 0 Å². The van der Waals surface area contributed by atoms with E-state index in [4.69, 9.17) is 14.2 Å². The van der Waals surface area contributed by atoms with E-state index in [0.717, 1.165) is 64.2 Å². The van der Waals surface area contributed by atoms with E-state index in [1.807, 2.05) is 0 Å². The molecule has 0 spiro atoms. The zero-order valence-corrected chi connectivity index (χ0v) is 38.8. The van der Waals surface area contributed by atoms with E-state index in [2.05, 4.69) is 45.1 Å². The van der Waals surface area contributed by atoms with E-state index < -0.39 is 6.10 Å². The molecule has 0 saturated heterocycles. The zero-order valence-electron chi connectivity index (χ0n) is 38.8. The molecule has 1 atom stereocenters. The molecule has 0 aromatic heterocycles. The number of allylic oxidation sites excluding steroid dienone is 4. The summed E-state index contributed by atoms with van der Waals surface area (Å²) < 4.78 is 16.7. The van der Waals surface area contributed by atoms with Crippen LogP contribution in [-0.4, -0.2) is 37.2 Å². The van der Waals surface area contributed by atoms with Gasteiger partial charge in [0.15, 0.2) is 6.10 Å². The molecule has 0 radical (unpaired) electrons. The second-order valence-corrected chi connectivity index (χ2v) is 17.1. The van der Waals surface area contributed by atoms with Gasteiger partial charge in [-0.25, -0.2) is 0 Å². The smallest absolute Gasteiger partial charge is 0.306 e. The van der Waals surface area contributed by atoms with Gasteiger partial charge in [0.05, 0.1) is 0 Å². The van der Waals surface area contributed by atoms with Crippen LogP contribution in [0.2, 0.25) is 0 Å². The third-order valence-corrected chi connectivity index (χ3v) is 11.2. The van der Waals surface area contributed by atoms with Crippen LogP contribution in [-0.2, 0) is 28.6 Å². The molecule has 0 rings (SSSR count). The van der Waals surface area contributed by atoms with Crippen LogP contribution in [0.25, 0.3) is 0 Å². The maximum absolute atomic E-state index is 12.7. The van der Waals surface area contributed by atoms with Gasteiger partial charge in [-0.3, -0.25) is 14.4 Å². The lowest BCUT2D eigenvalue weighted by Gasteiger charge is -2.18. The summed E-state index contributed by atoms with van der Waals surface area (Å²) in [6.07, 6.45) is 53.2. The summed E-state index contributed by atoms with van der Waals surface area (Å²) in [5.74, 6) is -0.915. The molecule has 0 aromatic rings. The number of esters is 3. The molecule has 0 aliphatic heterocycles. The first-order chi connectivity index (χ1) is 28.5. The highest BCUT2D eigenvalue weighted by Gasteiger charge is 2.19. The van der Waals surface area contributed by atoms with E-state index in [1.54, 1.807) is 0 Å². The van der Waals surface area contributed by atoms with Crippen LogP contribution < -0.4 is 0 Å². The summed E-state index contributed by atoms with van der Waals surface area (Å²) in [6, 6.07) is 0. The predicted octanol–water partition coefficient (Wildman–Crippen LogP) is 16.4. The molecule has 0 heterocycles. The largest absolute Gasteiger partial charge is 0.462 e. The van der Waals surface area contributed by atoms with E-state index in [0.29, 0.717) is 19.3 Å². The Hall–Kier alpha value is -2.11. The van der Waals surface area contributed by atoms with Crippen molar-refractivity contribution in [2.75, 3.05) is 13.2 Å². The number of unbranched alkanes of at least 4 members (excludes halogenated alkanes) is 31. The summed E-state index contributed by atoms with van der Waals surface area (Å²) in [5.41, 5.74) is 0. The molecule has 0 aliphatic rings. The Morgan fingerprint density at radius 1 is 0.328 bits per heavy atom. The minimum absolute atomic E-state index is 0.0807. The SMILES string of the molecule is CCCCCC/C=C\CCCC(=O)OCC(COC(=O)CCCCCCC/C=C\CCCCCCCCCCC)OC(=O)CCCCCCCCCCCCCCC. The third kappa shape index (κ3) is 45.0. The molecule has 0 bridgehead atoms. The van der Waals surface area contributed by atoms with Gasteiger partial charge >= 0.3 is 17.9 Å². The number of rotatable bonds is 46. The van der Waals surface area contributed by atoms with Gasteiger partial charge in [0, 0.05) is 19.3 Å². The molecule has 0 amide bonds. The summed E-state index contributed by atoms with van der Waals surface area (Å²) in [4.78, 5) is 37.8. The lowest BCUT2D eigenvalue weighted by Crippen LogP contribution is -2.30. The van der Waals surface area contributed by atoms with Crippen LogP contribution >= 0.6 is 0 Å². The van der Waals surface area contributed by atoms with Crippen molar-refractivity contribution in [2.24, 2.45) is 0 Å². The average molecular weight is 817 g/mol. The molecule has 0 N–H and O–H groups in total. The Labute approximate surface area is 360 Å². The highest BCUT2D eigenvalue weighted by atomic mass is 16.6. The quantitative estimate of drug-likeness (QED) is 0.0263. The number of carbonyl (C=O) groups is 3. The predicted molar refractivity (Wildman–Crippen MR) is 247 cm³/mol. The highest BCUT2D eigenvalue weighted by Crippen LogP contribution is 2.15. The maximum Gasteiger partial charge on any atom is 0.306 e. The molecule has 6 nitrogen and oxygen atoms in total. The van der Waals surface area contributed by atoms with Gasteiger partial charge in [0.25, 0.3) is 0 Å². The van der Waals surface area contributed by atoms with Gasteiger partial charge in [0.1, 0.15) is 13.2 Å². The first-order valence-corrected chi connectivity index (χ1v) is 25.3. The Balaban J connectivity index is 4.30. The monoisotopic (exact) mass is 817 g/mol. The van der Waals surface area contributed by atoms with Crippen LogP contribution in [0.5, 0.6) is 0 Å². The number of carbonyl (C=O) groups excluding carboxylic acids is 3. The van der Waals surface area contributed by atoms with Crippen LogP contribution in [0, 0.1) is 0 Å². The Morgan fingerprint density at radius 3 is 0.948 bits per heavy atom. The fraction of sp³-hybridized carbons (Fsp3) is 0.865. The first kappa shape index (κ1) is 55.9. The molecule has 58 heavy (non-hydrogen) atoms. The van der Waals surface area contributed by atoms with E-state index in [1.165, 1.54) is 167 Å². The van der Waals surface area contributed by atoms with Crippen molar-refractivity contribution < 1.29 is 28.6 Å². The van der Waals surface area contributed by atoms with Crippen molar-refractivity contribution in [1.82, 2.24) is 0 Å². The first-order valence-electron chi connectivity index (χ1n) is 25.3. The fourth-order valence-corrected chi connectivity index (χ4v) is 7.32. The molecular weight excluding hydrogens is 721 g/mol. The van der Waals surface area contributed by atoms with Gasteiger partial charge in [-0.1, -0.05) is 212 Å². The van der Waals surface area contributed by atoms with Crippen LogP contribution in [0.1, 0.15) is 271 Å². The summed E-state index contributed by atoms with van der Waals surface area (Å²) in [7, 11) is 0. The normalized spacial score (nSPS) is 12.1. The topological polar surface area (TPSA) is 78.9 Å². The second-order valence-electron chi connectivity index (χ2n) is 17.1. The van der Waals surface area contributed by atoms with Gasteiger partial charge in [-0.05, 0) is 64.2 Å². The number of ether oxygens (including phenoxy) is 3. The Morgan fingerprint density at radius 2 is 0.586 bits per heavy atom. The van der Waals surface area contributed by atoms with E-state index >= 15 is 0 Å². The van der Waals surface area contributed by atoms with Crippen molar-refractivity contribution in [3.05, 3.63) is 24.3 Å². The van der Waals surface area contributed by atoms with Crippen molar-refractivity contribution >= 4 is 17.9 Å². The van der Waals surface area contributed by atoms with Crippen molar-refractivity contribution in [2.45, 2.75) is 277 Å². The molecule has 0 aliphatic carbocycles. The summed E-state index contributed by atoms with van der Waals surface area (Å²) >= 11 is 0. The van der Waals surface area contributed by atoms with Crippen LogP contribution in [0.15, 0.2) is 24.3 Å². The van der Waals surface area contributed by atoms with E-state index in [-0.39, 0.29) is 31.1 Å². The lowest BCUT2D eigenvalue weighted by molar-refractivity contribution is -0.167. The Kier molecular flexibility index (Phi) is 45.8. The van der Waals surface area contributed by atoms with Gasteiger partial charge < -0.3 is 14.2 Å². The fourth-order valence-electron chi connectivity index (χ4n) is 7.32. The van der Waals surface area contributed by atoms with E-state index in [9.17, 15) is 14.4 Å². The minimum atomic E-state index is -0.779. The molecule has 0 saturated carbocycles. The molecule has 0 fully saturated rings. The molecule has 1 unspecified atom stereocenters. The number of hydrogen-bond donors (Lipinski definition) is 0. The Bertz CT molecular complexity index is 942. The third-order valence-electron chi connectivity index (χ3n) is 11.2. The van der Waals surface area contributed by atoms with Crippen LogP contribution in [0.4, 0.5) is 0 Å². The zero-order chi connectivity index (χ0) is 42.3. The second kappa shape index (κ2) is 47.6. The number of hydrogen-bond acceptors (Lipinski definition) is 6. The summed E-state index contributed by atoms with van der Waals surface area (Å²) in [5, 5.41) is 0. The molecule has 340 valence electrons. The van der Waals surface area contributed by atoms with Crippen molar-refractivity contribution in [1.29, 1.82) is 0 Å². The average Bonchev–Trinajstić information content (AvgIpc) is 3.22. The van der Waals surface area contributed by atoms with Crippen LogP contribution in [0.3, 0.4) is 0 Å². The summed E-state index contributed by atoms with van der Waals surface area (Å²) in [6.45, 7) is 6.59. The van der Waals surface area contributed by atoms with Crippen molar-refractivity contribution in [3.8, 4) is 0 Å². The molecule has 0 aromatic carbocycles. The highest BCUT2D eigenvalue weighted by molar-refractivity contribution is 5.71. The minimum Gasteiger partial charge on any atom is -0.462 e. The standard InChI is InChI=1S/C52H96O6/c1-4-7-10-13-16-19-21-23-24-25-26-27-29-30-33-36-39-42-45-51(54)57-48-49(47-56-50(53)44-41-38-35-32-18-15-12-9-6-3)58-52(55)46-43-40-37-34-31-28-22-20-17-14-11-8-5-2/h26-27,32,35,49H,4-25,28-31,33-34,36-48H2,1-3H3/b27-26-,35-32-. The van der Waals surface area contributed by atoms with Crippen molar-refractivity contribution in [3.63, 3.8) is 0 Å². The lowest BCUT2D eigenvalue weighted by atomic mass is 10.0. The van der Waals surface area contributed by atoms with Gasteiger partial charge in [0.2, 0.25) is 0 Å². The maximum atomic E-state index is 12.7. The molecular formula is C52H96O6. The van der Waals surface area contributed by atoms with Gasteiger partial charge in [-0.15, -0.1) is 0 Å².